The fourth-order valence-electron chi connectivity index (χ4n) is 2.15. The molecule has 0 amide bonds. The molecule has 4 heteroatoms. The van der Waals surface area contributed by atoms with Gasteiger partial charge < -0.3 is 9.69 Å². The topological polar surface area (TPSA) is 20.3 Å². The smallest absolute Gasteiger partial charge is 0.121 e. The zero-order chi connectivity index (χ0) is 14.5. The number of rotatable bonds is 6. The number of hydrogen-bond donors (Lipinski definition) is 0. The average molecular weight is 310 g/mol. The van der Waals surface area contributed by atoms with Crippen LogP contribution in [0.2, 0.25) is 10.0 Å². The fraction of sp³-hybridized carbons (Fsp3) is 0.312. The molecule has 0 fully saturated rings. The fourth-order valence-corrected chi connectivity index (χ4v) is 2.50. The van der Waals surface area contributed by atoms with E-state index in [1.165, 1.54) is 5.56 Å². The quantitative estimate of drug-likeness (QED) is 0.745. The molecule has 0 atom stereocenters. The highest BCUT2D eigenvalue weighted by Crippen LogP contribution is 2.28. The number of likely N-dealkylation sites (N-methyl/N-ethyl adjacent to an activating group) is 1. The molecule has 0 aromatic heterocycles. The second kappa shape index (κ2) is 7.07. The van der Waals surface area contributed by atoms with Crippen molar-refractivity contribution < 1.29 is 4.79 Å². The minimum absolute atomic E-state index is 0.583. The molecule has 0 radical (unpaired) electrons. The van der Waals surface area contributed by atoms with E-state index in [0.717, 1.165) is 36.6 Å². The largest absolute Gasteiger partial charge is 0.306 e. The van der Waals surface area contributed by atoms with Crippen LogP contribution >= 0.6 is 23.2 Å². The molecular weight excluding hydrogens is 293 g/mol. The highest BCUT2D eigenvalue weighted by Gasteiger charge is 2.03. The van der Waals surface area contributed by atoms with Crippen LogP contribution < -0.4 is 0 Å². The lowest BCUT2D eigenvalue weighted by Crippen LogP contribution is -2.22. The van der Waals surface area contributed by atoms with Crippen molar-refractivity contribution in [3.8, 4) is 0 Å². The van der Waals surface area contributed by atoms with Crippen LogP contribution in [-0.2, 0) is 11.2 Å². The van der Waals surface area contributed by atoms with E-state index in [0.29, 0.717) is 16.5 Å². The third kappa shape index (κ3) is 3.95. The van der Waals surface area contributed by atoms with Gasteiger partial charge >= 0.3 is 0 Å². The Morgan fingerprint density at radius 3 is 2.45 bits per heavy atom. The van der Waals surface area contributed by atoms with Crippen molar-refractivity contribution in [1.29, 1.82) is 0 Å². The van der Waals surface area contributed by atoms with Crippen LogP contribution in [0.1, 0.15) is 12.0 Å². The SMILES string of the molecule is CN(CCC=O)CCc1ccc2cc(Cl)c(Cl)cc2c1. The third-order valence-electron chi connectivity index (χ3n) is 3.35. The molecule has 2 aromatic carbocycles. The van der Waals surface area contributed by atoms with Crippen molar-refractivity contribution in [3.63, 3.8) is 0 Å². The third-order valence-corrected chi connectivity index (χ3v) is 4.08. The standard InChI is InChI=1S/C16H17Cl2NO/c1-19(6-2-8-20)7-5-12-3-4-13-10-15(17)16(18)11-14(13)9-12/h3-4,8-11H,2,5-7H2,1H3. The van der Waals surface area contributed by atoms with E-state index in [9.17, 15) is 4.79 Å². The second-order valence-corrected chi connectivity index (χ2v) is 5.77. The van der Waals surface area contributed by atoms with Gasteiger partial charge in [-0.05, 0) is 41.9 Å². The number of halogens is 2. The number of benzene rings is 2. The average Bonchev–Trinajstić information content (AvgIpc) is 2.44. The second-order valence-electron chi connectivity index (χ2n) is 4.96. The molecule has 20 heavy (non-hydrogen) atoms. The summed E-state index contributed by atoms with van der Waals surface area (Å²) in [6, 6.07) is 10.1. The number of nitrogens with zero attached hydrogens (tertiary/aromatic N) is 1. The molecule has 106 valence electrons. The molecular formula is C16H17Cl2NO. The molecule has 0 spiro atoms. The summed E-state index contributed by atoms with van der Waals surface area (Å²) in [6.45, 7) is 1.74. The van der Waals surface area contributed by atoms with Crippen LogP contribution in [0, 0.1) is 0 Å². The summed E-state index contributed by atoms with van der Waals surface area (Å²) in [7, 11) is 2.03. The van der Waals surface area contributed by atoms with E-state index < -0.39 is 0 Å². The Balaban J connectivity index is 2.08. The molecule has 0 saturated heterocycles. The predicted octanol–water partition coefficient (Wildman–Crippen LogP) is 4.21. The maximum Gasteiger partial charge on any atom is 0.121 e. The molecule has 0 aliphatic carbocycles. The maximum atomic E-state index is 10.3. The van der Waals surface area contributed by atoms with E-state index in [2.05, 4.69) is 23.1 Å². The number of carbonyl (C=O) groups excluding carboxylic acids is 1. The highest BCUT2D eigenvalue weighted by molar-refractivity contribution is 6.42. The lowest BCUT2D eigenvalue weighted by atomic mass is 10.0. The van der Waals surface area contributed by atoms with Crippen LogP contribution in [0.15, 0.2) is 30.3 Å². The summed E-state index contributed by atoms with van der Waals surface area (Å²) in [6.07, 6.45) is 2.49. The Kier molecular flexibility index (Phi) is 5.41. The Morgan fingerprint density at radius 1 is 1.05 bits per heavy atom. The summed E-state index contributed by atoms with van der Waals surface area (Å²) in [5.74, 6) is 0. The van der Waals surface area contributed by atoms with Gasteiger partial charge in [0.2, 0.25) is 0 Å². The van der Waals surface area contributed by atoms with E-state index in [-0.39, 0.29) is 0 Å². The number of aldehydes is 1. The summed E-state index contributed by atoms with van der Waals surface area (Å²) < 4.78 is 0. The molecule has 2 rings (SSSR count). The van der Waals surface area contributed by atoms with Gasteiger partial charge in [-0.25, -0.2) is 0 Å². The Hall–Kier alpha value is -1.09. The zero-order valence-corrected chi connectivity index (χ0v) is 12.9. The maximum absolute atomic E-state index is 10.3. The van der Waals surface area contributed by atoms with Crippen molar-refractivity contribution in [2.45, 2.75) is 12.8 Å². The molecule has 0 aliphatic heterocycles. The summed E-state index contributed by atoms with van der Waals surface area (Å²) in [5.41, 5.74) is 1.26. The molecule has 0 unspecified atom stereocenters. The van der Waals surface area contributed by atoms with Gasteiger partial charge in [0.1, 0.15) is 6.29 Å². The Morgan fingerprint density at radius 2 is 1.75 bits per heavy atom. The molecule has 0 aliphatic rings. The minimum Gasteiger partial charge on any atom is -0.306 e. The van der Waals surface area contributed by atoms with Crippen LogP contribution in [-0.4, -0.2) is 31.3 Å². The molecule has 0 N–H and O–H groups in total. The van der Waals surface area contributed by atoms with Gasteiger partial charge in [0.05, 0.1) is 10.0 Å². The first-order valence-electron chi connectivity index (χ1n) is 6.60. The van der Waals surface area contributed by atoms with E-state index in [4.69, 9.17) is 23.2 Å². The van der Waals surface area contributed by atoms with Crippen LogP contribution in [0.25, 0.3) is 10.8 Å². The summed E-state index contributed by atoms with van der Waals surface area (Å²) in [4.78, 5) is 12.5. The van der Waals surface area contributed by atoms with Crippen LogP contribution in [0.4, 0.5) is 0 Å². The molecule has 2 aromatic rings. The van der Waals surface area contributed by atoms with Crippen molar-refractivity contribution in [2.75, 3.05) is 20.1 Å². The van der Waals surface area contributed by atoms with Crippen molar-refractivity contribution in [2.24, 2.45) is 0 Å². The molecule has 0 saturated carbocycles. The monoisotopic (exact) mass is 309 g/mol. The Bertz CT molecular complexity index is 613. The van der Waals surface area contributed by atoms with Gasteiger partial charge in [0.15, 0.2) is 0 Å². The Labute approximate surface area is 129 Å². The van der Waals surface area contributed by atoms with Gasteiger partial charge in [-0.15, -0.1) is 0 Å². The highest BCUT2D eigenvalue weighted by atomic mass is 35.5. The molecule has 2 nitrogen and oxygen atoms in total. The van der Waals surface area contributed by atoms with Gasteiger partial charge in [-0.3, -0.25) is 0 Å². The van der Waals surface area contributed by atoms with Gasteiger partial charge in [-0.2, -0.15) is 0 Å². The first-order chi connectivity index (χ1) is 9.60. The number of hydrogen-bond acceptors (Lipinski definition) is 2. The predicted molar refractivity (Wildman–Crippen MR) is 85.9 cm³/mol. The van der Waals surface area contributed by atoms with Gasteiger partial charge in [0.25, 0.3) is 0 Å². The number of fused-ring (bicyclic) bond motifs is 1. The van der Waals surface area contributed by atoms with Crippen LogP contribution in [0.3, 0.4) is 0 Å². The zero-order valence-electron chi connectivity index (χ0n) is 11.4. The van der Waals surface area contributed by atoms with Crippen molar-refractivity contribution in [1.82, 2.24) is 4.90 Å². The first kappa shape index (κ1) is 15.3. The normalized spacial score (nSPS) is 11.2. The van der Waals surface area contributed by atoms with Crippen LogP contribution in [0.5, 0.6) is 0 Å². The summed E-state index contributed by atoms with van der Waals surface area (Å²) >= 11 is 12.1. The minimum atomic E-state index is 0.583. The summed E-state index contributed by atoms with van der Waals surface area (Å²) in [5, 5.41) is 3.37. The molecule has 0 bridgehead atoms. The van der Waals surface area contributed by atoms with Crippen molar-refractivity contribution >= 4 is 40.3 Å². The van der Waals surface area contributed by atoms with Gasteiger partial charge in [0, 0.05) is 19.5 Å². The van der Waals surface area contributed by atoms with E-state index in [1.807, 2.05) is 19.2 Å². The van der Waals surface area contributed by atoms with Gasteiger partial charge in [-0.1, -0.05) is 41.4 Å². The lowest BCUT2D eigenvalue weighted by Gasteiger charge is -2.15. The van der Waals surface area contributed by atoms with Crippen molar-refractivity contribution in [3.05, 3.63) is 45.9 Å². The van der Waals surface area contributed by atoms with E-state index >= 15 is 0 Å². The first-order valence-corrected chi connectivity index (χ1v) is 7.35. The number of carbonyl (C=O) groups is 1. The lowest BCUT2D eigenvalue weighted by molar-refractivity contribution is -0.108. The van der Waals surface area contributed by atoms with E-state index in [1.54, 1.807) is 0 Å². The molecule has 0 heterocycles.